The minimum absolute atomic E-state index is 0.0651. The van der Waals surface area contributed by atoms with E-state index in [1.54, 1.807) is 22.8 Å². The van der Waals surface area contributed by atoms with E-state index in [0.29, 0.717) is 40.1 Å². The summed E-state index contributed by atoms with van der Waals surface area (Å²) >= 11 is 7.45. The van der Waals surface area contributed by atoms with E-state index in [1.807, 2.05) is 17.0 Å². The van der Waals surface area contributed by atoms with Gasteiger partial charge in [-0.1, -0.05) is 61.5 Å². The fraction of sp³-hybridized carbons (Fsp3) is 0.375. The molecular formula is C24H26ClN3O2S. The fourth-order valence-electron chi connectivity index (χ4n) is 3.79. The highest BCUT2D eigenvalue weighted by atomic mass is 35.5. The van der Waals surface area contributed by atoms with Crippen molar-refractivity contribution in [2.24, 2.45) is 5.92 Å². The summed E-state index contributed by atoms with van der Waals surface area (Å²) in [6.45, 7) is 6.19. The van der Waals surface area contributed by atoms with Crippen molar-refractivity contribution in [3.8, 4) is 0 Å². The summed E-state index contributed by atoms with van der Waals surface area (Å²) in [6.07, 6.45) is 1.74. The van der Waals surface area contributed by atoms with Gasteiger partial charge < -0.3 is 4.90 Å². The first-order valence-electron chi connectivity index (χ1n) is 10.6. The predicted molar refractivity (Wildman–Crippen MR) is 127 cm³/mol. The van der Waals surface area contributed by atoms with Crippen LogP contribution in [-0.4, -0.2) is 32.7 Å². The van der Waals surface area contributed by atoms with Crippen molar-refractivity contribution in [3.05, 3.63) is 69.0 Å². The lowest BCUT2D eigenvalue weighted by Crippen LogP contribution is -2.37. The Morgan fingerprint density at radius 2 is 1.97 bits per heavy atom. The topological polar surface area (TPSA) is 55.2 Å². The van der Waals surface area contributed by atoms with E-state index in [4.69, 9.17) is 16.6 Å². The maximum Gasteiger partial charge on any atom is 0.262 e. The van der Waals surface area contributed by atoms with E-state index in [-0.39, 0.29) is 17.2 Å². The second-order valence-electron chi connectivity index (χ2n) is 8.32. The van der Waals surface area contributed by atoms with Crippen LogP contribution < -0.4 is 5.56 Å². The molecule has 0 atom stereocenters. The van der Waals surface area contributed by atoms with Gasteiger partial charge in [0, 0.05) is 24.7 Å². The molecule has 0 N–H and O–H groups in total. The summed E-state index contributed by atoms with van der Waals surface area (Å²) in [7, 11) is 0. The molecule has 2 aromatic carbocycles. The molecule has 162 valence electrons. The van der Waals surface area contributed by atoms with Gasteiger partial charge in [0.2, 0.25) is 5.91 Å². The third kappa shape index (κ3) is 4.96. The lowest BCUT2D eigenvalue weighted by Gasteiger charge is -2.28. The van der Waals surface area contributed by atoms with Crippen molar-refractivity contribution < 1.29 is 4.79 Å². The van der Waals surface area contributed by atoms with Gasteiger partial charge in [-0.05, 0) is 48.1 Å². The van der Waals surface area contributed by atoms with Crippen molar-refractivity contribution in [2.75, 3.05) is 12.3 Å². The predicted octanol–water partition coefficient (Wildman–Crippen LogP) is 4.77. The maximum absolute atomic E-state index is 13.1. The molecular weight excluding hydrogens is 430 g/mol. The van der Waals surface area contributed by atoms with Gasteiger partial charge in [-0.3, -0.25) is 14.2 Å². The number of benzene rings is 2. The Morgan fingerprint density at radius 3 is 2.74 bits per heavy atom. The summed E-state index contributed by atoms with van der Waals surface area (Å²) < 4.78 is 1.71. The minimum Gasteiger partial charge on any atom is -0.337 e. The van der Waals surface area contributed by atoms with Crippen LogP contribution in [0, 0.1) is 5.92 Å². The van der Waals surface area contributed by atoms with Crippen molar-refractivity contribution >= 4 is 40.2 Å². The molecule has 0 saturated heterocycles. The summed E-state index contributed by atoms with van der Waals surface area (Å²) in [5.41, 5.74) is 3.01. The van der Waals surface area contributed by atoms with Crippen molar-refractivity contribution in [3.63, 3.8) is 0 Å². The quantitative estimate of drug-likeness (QED) is 0.396. The number of hydrogen-bond acceptors (Lipinski definition) is 4. The highest BCUT2D eigenvalue weighted by molar-refractivity contribution is 7.99. The minimum atomic E-state index is -0.0795. The van der Waals surface area contributed by atoms with Gasteiger partial charge in [0.25, 0.3) is 5.56 Å². The number of hydrogen-bond donors (Lipinski definition) is 0. The van der Waals surface area contributed by atoms with Crippen LogP contribution in [0.3, 0.4) is 0 Å². The number of rotatable bonds is 6. The zero-order valence-electron chi connectivity index (χ0n) is 17.8. The molecule has 4 rings (SSSR count). The highest BCUT2D eigenvalue weighted by Gasteiger charge is 2.21. The van der Waals surface area contributed by atoms with Crippen molar-refractivity contribution in [1.82, 2.24) is 14.5 Å². The van der Waals surface area contributed by atoms with Gasteiger partial charge in [-0.25, -0.2) is 4.98 Å². The van der Waals surface area contributed by atoms with Crippen LogP contribution in [0.25, 0.3) is 10.9 Å². The number of aromatic nitrogens is 2. The lowest BCUT2D eigenvalue weighted by molar-refractivity contribution is -0.129. The van der Waals surface area contributed by atoms with E-state index in [9.17, 15) is 9.59 Å². The standard InChI is InChI=1S/C24H26ClN3O2S/c1-16(2)9-12-28-23(30)20-8-7-19(25)13-21(20)26-24(28)31-15-22(29)27-11-10-17-5-3-4-6-18(17)14-27/h3-8,13,16H,9-12,14-15H2,1-2H3. The SMILES string of the molecule is CC(C)CCn1c(SCC(=O)N2CCc3ccccc3C2)nc2cc(Cl)ccc2c1=O. The Kier molecular flexibility index (Phi) is 6.68. The number of thioether (sulfide) groups is 1. The maximum atomic E-state index is 13.1. The van der Waals surface area contributed by atoms with Crippen LogP contribution in [0.1, 0.15) is 31.4 Å². The van der Waals surface area contributed by atoms with Gasteiger partial charge >= 0.3 is 0 Å². The van der Waals surface area contributed by atoms with Crippen LogP contribution in [0.15, 0.2) is 52.4 Å². The van der Waals surface area contributed by atoms with E-state index < -0.39 is 0 Å². The van der Waals surface area contributed by atoms with Gasteiger partial charge in [0.05, 0.1) is 16.7 Å². The third-order valence-electron chi connectivity index (χ3n) is 5.62. The van der Waals surface area contributed by atoms with Crippen molar-refractivity contribution in [2.45, 2.75) is 44.9 Å². The number of halogens is 1. The average molecular weight is 456 g/mol. The molecule has 0 radical (unpaired) electrons. The highest BCUT2D eigenvalue weighted by Crippen LogP contribution is 2.23. The van der Waals surface area contributed by atoms with Crippen LogP contribution >= 0.6 is 23.4 Å². The van der Waals surface area contributed by atoms with Gasteiger partial charge in [-0.2, -0.15) is 0 Å². The zero-order chi connectivity index (χ0) is 22.0. The first-order chi connectivity index (χ1) is 14.9. The number of amides is 1. The van der Waals surface area contributed by atoms with E-state index >= 15 is 0 Å². The molecule has 0 unspecified atom stereocenters. The molecule has 1 amide bonds. The summed E-state index contributed by atoms with van der Waals surface area (Å²) in [6, 6.07) is 13.4. The molecule has 2 heterocycles. The van der Waals surface area contributed by atoms with E-state index in [1.165, 1.54) is 22.9 Å². The molecule has 31 heavy (non-hydrogen) atoms. The molecule has 0 fully saturated rings. The van der Waals surface area contributed by atoms with E-state index in [0.717, 1.165) is 19.4 Å². The Balaban J connectivity index is 1.56. The van der Waals surface area contributed by atoms with Gasteiger partial charge in [-0.15, -0.1) is 0 Å². The summed E-state index contributed by atoms with van der Waals surface area (Å²) in [5, 5.41) is 1.67. The molecule has 0 aliphatic carbocycles. The molecule has 1 aliphatic heterocycles. The lowest BCUT2D eigenvalue weighted by atomic mass is 10.00. The third-order valence-corrected chi connectivity index (χ3v) is 6.82. The monoisotopic (exact) mass is 455 g/mol. The fourth-order valence-corrected chi connectivity index (χ4v) is 4.89. The van der Waals surface area contributed by atoms with Gasteiger partial charge in [0.15, 0.2) is 5.16 Å². The Morgan fingerprint density at radius 1 is 1.19 bits per heavy atom. The Bertz CT molecular complexity index is 1180. The normalized spacial score (nSPS) is 13.6. The molecule has 0 bridgehead atoms. The largest absolute Gasteiger partial charge is 0.337 e. The molecule has 3 aromatic rings. The Labute approximate surface area is 191 Å². The molecule has 5 nitrogen and oxygen atoms in total. The molecule has 7 heteroatoms. The van der Waals surface area contributed by atoms with Crippen LogP contribution in [0.4, 0.5) is 0 Å². The summed E-state index contributed by atoms with van der Waals surface area (Å²) in [4.78, 5) is 32.6. The second kappa shape index (κ2) is 9.45. The first-order valence-corrected chi connectivity index (χ1v) is 12.0. The number of fused-ring (bicyclic) bond motifs is 2. The van der Waals surface area contributed by atoms with Gasteiger partial charge in [0.1, 0.15) is 0 Å². The van der Waals surface area contributed by atoms with Crippen LogP contribution in [0.2, 0.25) is 5.02 Å². The number of carbonyl (C=O) groups excluding carboxylic acids is 1. The number of carbonyl (C=O) groups is 1. The number of nitrogens with zero attached hydrogens (tertiary/aromatic N) is 3. The van der Waals surface area contributed by atoms with Crippen molar-refractivity contribution in [1.29, 1.82) is 0 Å². The molecule has 0 saturated carbocycles. The second-order valence-corrected chi connectivity index (χ2v) is 9.70. The average Bonchev–Trinajstić information content (AvgIpc) is 2.76. The summed E-state index contributed by atoms with van der Waals surface area (Å²) in [5.74, 6) is 0.776. The van der Waals surface area contributed by atoms with Crippen LogP contribution in [0.5, 0.6) is 0 Å². The van der Waals surface area contributed by atoms with Crippen LogP contribution in [-0.2, 0) is 24.3 Å². The molecule has 1 aromatic heterocycles. The Hall–Kier alpha value is -2.31. The molecule has 1 aliphatic rings. The smallest absolute Gasteiger partial charge is 0.262 e. The first kappa shape index (κ1) is 21.9. The molecule has 0 spiro atoms. The zero-order valence-corrected chi connectivity index (χ0v) is 19.4. The van der Waals surface area contributed by atoms with E-state index in [2.05, 4.69) is 26.0 Å².